The van der Waals surface area contributed by atoms with E-state index in [9.17, 15) is 22.8 Å². The molecule has 5 rings (SSSR count). The Morgan fingerprint density at radius 2 is 1.85 bits per heavy atom. The summed E-state index contributed by atoms with van der Waals surface area (Å²) >= 11 is 3.43. The third-order valence-electron chi connectivity index (χ3n) is 7.81. The lowest BCUT2D eigenvalue weighted by molar-refractivity contribution is -0.121. The second kappa shape index (κ2) is 11.0. The first-order valence-electron chi connectivity index (χ1n) is 13.3. The second-order valence-corrected chi connectivity index (χ2v) is 12.9. The average molecular weight is 631 g/mol. The molecular weight excluding hydrogens is 598 g/mol. The van der Waals surface area contributed by atoms with E-state index >= 15 is 0 Å². The van der Waals surface area contributed by atoms with Crippen LogP contribution in [0.15, 0.2) is 56.6 Å². The standard InChI is InChI=1S/C28H32BrN5O5S/c1-4-25(35)33-14-12-19-15-22(29)24(16-23(19)33)40(38,39)32-13-8-9-20(17-32)27(36)30-26-18(2)31(3)34(28(26)37)21-10-6-5-7-11-21/h5-7,10-11,15-16,20H,4,8-9,12-14,17H2,1-3H3,(H,30,36)/t20-/m0/s1. The van der Waals surface area contributed by atoms with Crippen LogP contribution in [0, 0.1) is 12.8 Å². The van der Waals surface area contributed by atoms with Crippen molar-refractivity contribution in [2.24, 2.45) is 13.0 Å². The molecule has 0 spiro atoms. The van der Waals surface area contributed by atoms with Crippen molar-refractivity contribution in [3.8, 4) is 5.69 Å². The third-order valence-corrected chi connectivity index (χ3v) is 10.6. The molecule has 2 amide bonds. The Hall–Kier alpha value is -3.22. The Bertz CT molecular complexity index is 1650. The van der Waals surface area contributed by atoms with Crippen LogP contribution < -0.4 is 15.8 Å². The normalized spacial score (nSPS) is 17.6. The minimum absolute atomic E-state index is 0.00590. The highest BCUT2D eigenvalue weighted by molar-refractivity contribution is 9.10. The van der Waals surface area contributed by atoms with Gasteiger partial charge in [-0.05, 0) is 71.9 Å². The summed E-state index contributed by atoms with van der Waals surface area (Å²) in [5.74, 6) is -1.07. The number of benzene rings is 2. The number of anilines is 2. The molecule has 12 heteroatoms. The number of carbonyl (C=O) groups excluding carboxylic acids is 2. The fourth-order valence-corrected chi connectivity index (χ4v) is 8.08. The van der Waals surface area contributed by atoms with Gasteiger partial charge in [-0.2, -0.15) is 4.31 Å². The maximum Gasteiger partial charge on any atom is 0.295 e. The third kappa shape index (κ3) is 4.92. The first-order valence-corrected chi connectivity index (χ1v) is 15.6. The summed E-state index contributed by atoms with van der Waals surface area (Å²) in [5.41, 5.74) is 2.63. The maximum absolute atomic E-state index is 13.8. The van der Waals surface area contributed by atoms with E-state index in [0.717, 1.165) is 5.56 Å². The van der Waals surface area contributed by atoms with Gasteiger partial charge < -0.3 is 10.2 Å². The number of fused-ring (bicyclic) bond motifs is 1. The van der Waals surface area contributed by atoms with Gasteiger partial charge in [-0.3, -0.25) is 19.1 Å². The molecule has 212 valence electrons. The number of piperidine rings is 1. The highest BCUT2D eigenvalue weighted by Crippen LogP contribution is 2.37. The van der Waals surface area contributed by atoms with Crippen molar-refractivity contribution >= 4 is 49.1 Å². The van der Waals surface area contributed by atoms with E-state index in [2.05, 4.69) is 21.2 Å². The van der Waals surface area contributed by atoms with Crippen molar-refractivity contribution in [1.29, 1.82) is 0 Å². The topological polar surface area (TPSA) is 114 Å². The lowest BCUT2D eigenvalue weighted by atomic mass is 9.99. The minimum atomic E-state index is -3.97. The van der Waals surface area contributed by atoms with E-state index in [4.69, 9.17) is 0 Å². The zero-order chi connectivity index (χ0) is 28.8. The van der Waals surface area contributed by atoms with Crippen molar-refractivity contribution in [3.63, 3.8) is 0 Å². The summed E-state index contributed by atoms with van der Waals surface area (Å²) in [6.45, 7) is 4.33. The molecule has 2 aromatic carbocycles. The molecule has 1 N–H and O–H groups in total. The SMILES string of the molecule is CCC(=O)N1CCc2cc(Br)c(S(=O)(=O)N3CCC[C@H](C(=O)Nc4c(C)n(C)n(-c5ccccc5)c4=O)C3)cc21. The predicted octanol–water partition coefficient (Wildman–Crippen LogP) is 3.59. The first kappa shape index (κ1) is 28.3. The quantitative estimate of drug-likeness (QED) is 0.448. The summed E-state index contributed by atoms with van der Waals surface area (Å²) < 4.78 is 32.5. The number of rotatable bonds is 6. The van der Waals surface area contributed by atoms with Gasteiger partial charge in [0.05, 0.1) is 22.2 Å². The van der Waals surface area contributed by atoms with E-state index < -0.39 is 21.8 Å². The molecular formula is C28H32BrN5O5S. The molecule has 40 heavy (non-hydrogen) atoms. The monoisotopic (exact) mass is 629 g/mol. The average Bonchev–Trinajstić information content (AvgIpc) is 3.46. The largest absolute Gasteiger partial charge is 0.320 e. The Balaban J connectivity index is 1.38. The Labute approximate surface area is 241 Å². The number of nitrogens with one attached hydrogen (secondary N) is 1. The van der Waals surface area contributed by atoms with Crippen LogP contribution >= 0.6 is 15.9 Å². The number of aromatic nitrogens is 2. The summed E-state index contributed by atoms with van der Waals surface area (Å²) in [5, 5.41) is 2.79. The van der Waals surface area contributed by atoms with Gasteiger partial charge in [-0.15, -0.1) is 0 Å². The summed E-state index contributed by atoms with van der Waals surface area (Å²) in [6, 6.07) is 12.5. The van der Waals surface area contributed by atoms with Crippen LogP contribution in [0.5, 0.6) is 0 Å². The van der Waals surface area contributed by atoms with Crippen LogP contribution in [-0.4, -0.2) is 53.5 Å². The molecule has 0 saturated carbocycles. The molecule has 0 aliphatic carbocycles. The lowest BCUT2D eigenvalue weighted by Crippen LogP contribution is -2.44. The molecule has 1 saturated heterocycles. The maximum atomic E-state index is 13.8. The van der Waals surface area contributed by atoms with Gasteiger partial charge in [0.1, 0.15) is 5.69 Å². The van der Waals surface area contributed by atoms with Crippen molar-refractivity contribution in [1.82, 2.24) is 13.7 Å². The van der Waals surface area contributed by atoms with Crippen molar-refractivity contribution in [2.75, 3.05) is 29.9 Å². The number of amides is 2. The van der Waals surface area contributed by atoms with Crippen LogP contribution in [0.4, 0.5) is 11.4 Å². The van der Waals surface area contributed by atoms with E-state index in [1.165, 1.54) is 8.99 Å². The van der Waals surface area contributed by atoms with Crippen LogP contribution in [0.3, 0.4) is 0 Å². The fourth-order valence-electron chi connectivity index (χ4n) is 5.49. The summed E-state index contributed by atoms with van der Waals surface area (Å²) in [4.78, 5) is 40.8. The Morgan fingerprint density at radius 3 is 2.55 bits per heavy atom. The number of hydrogen-bond donors (Lipinski definition) is 1. The highest BCUT2D eigenvalue weighted by Gasteiger charge is 2.36. The molecule has 1 fully saturated rings. The van der Waals surface area contributed by atoms with E-state index in [1.807, 2.05) is 30.3 Å². The summed E-state index contributed by atoms with van der Waals surface area (Å²) in [7, 11) is -2.22. The van der Waals surface area contributed by atoms with Gasteiger partial charge >= 0.3 is 0 Å². The van der Waals surface area contributed by atoms with Crippen LogP contribution in [0.2, 0.25) is 0 Å². The number of hydrogen-bond acceptors (Lipinski definition) is 5. The smallest absolute Gasteiger partial charge is 0.295 e. The van der Waals surface area contributed by atoms with E-state index in [0.29, 0.717) is 53.8 Å². The van der Waals surface area contributed by atoms with Gasteiger partial charge in [-0.1, -0.05) is 25.1 Å². The van der Waals surface area contributed by atoms with Crippen LogP contribution in [0.25, 0.3) is 5.69 Å². The lowest BCUT2D eigenvalue weighted by Gasteiger charge is -2.31. The first-order chi connectivity index (χ1) is 19.0. The zero-order valence-corrected chi connectivity index (χ0v) is 25.1. The van der Waals surface area contributed by atoms with Gasteiger partial charge in [0, 0.05) is 43.3 Å². The number of sulfonamides is 1. The van der Waals surface area contributed by atoms with Crippen LogP contribution in [-0.2, 0) is 33.1 Å². The molecule has 3 aromatic rings. The predicted molar refractivity (Wildman–Crippen MR) is 156 cm³/mol. The second-order valence-electron chi connectivity index (χ2n) is 10.2. The molecule has 1 atom stereocenters. The van der Waals surface area contributed by atoms with E-state index in [1.54, 1.807) is 42.6 Å². The molecule has 1 aromatic heterocycles. The van der Waals surface area contributed by atoms with Gasteiger partial charge in [0.25, 0.3) is 5.56 Å². The number of carbonyl (C=O) groups is 2. The molecule has 10 nitrogen and oxygen atoms in total. The number of nitrogens with zero attached hydrogens (tertiary/aromatic N) is 4. The summed E-state index contributed by atoms with van der Waals surface area (Å²) in [6.07, 6.45) is 2.00. The van der Waals surface area contributed by atoms with Crippen molar-refractivity contribution in [3.05, 3.63) is 68.5 Å². The fraction of sp³-hybridized carbons (Fsp3) is 0.393. The van der Waals surface area contributed by atoms with Crippen molar-refractivity contribution in [2.45, 2.75) is 44.4 Å². The molecule has 2 aliphatic heterocycles. The number of para-hydroxylation sites is 1. The van der Waals surface area contributed by atoms with Gasteiger partial charge in [-0.25, -0.2) is 13.1 Å². The zero-order valence-electron chi connectivity index (χ0n) is 22.7. The Morgan fingerprint density at radius 1 is 1.12 bits per heavy atom. The van der Waals surface area contributed by atoms with E-state index in [-0.39, 0.29) is 35.1 Å². The van der Waals surface area contributed by atoms with Crippen LogP contribution in [0.1, 0.15) is 37.4 Å². The van der Waals surface area contributed by atoms with Crippen molar-refractivity contribution < 1.29 is 18.0 Å². The molecule has 3 heterocycles. The molecule has 0 bridgehead atoms. The van der Waals surface area contributed by atoms with Gasteiger partial charge in [0.15, 0.2) is 0 Å². The minimum Gasteiger partial charge on any atom is -0.320 e. The number of halogens is 1. The Kier molecular flexibility index (Phi) is 7.77. The highest BCUT2D eigenvalue weighted by atomic mass is 79.9. The molecule has 2 aliphatic rings. The van der Waals surface area contributed by atoms with Gasteiger partial charge in [0.2, 0.25) is 21.8 Å². The molecule has 0 unspecified atom stereocenters. The molecule has 0 radical (unpaired) electrons.